The van der Waals surface area contributed by atoms with Gasteiger partial charge in [-0.2, -0.15) is 0 Å². The molecule has 0 unspecified atom stereocenters. The maximum Gasteiger partial charge on any atom is 0.234 e. The third kappa shape index (κ3) is 6.86. The van der Waals surface area contributed by atoms with Crippen LogP contribution in [0.4, 0.5) is 0 Å². The molecule has 1 aromatic carbocycles. The van der Waals surface area contributed by atoms with Crippen LogP contribution in [0.3, 0.4) is 0 Å². The van der Waals surface area contributed by atoms with Crippen molar-refractivity contribution in [1.29, 1.82) is 0 Å². The Bertz CT molecular complexity index is 542. The Hall–Kier alpha value is -1.63. The topological polar surface area (TPSA) is 64.7 Å². The number of piperazine rings is 1. The number of hydrogen-bond donors (Lipinski definition) is 2. The van der Waals surface area contributed by atoms with Crippen LogP contribution in [0.5, 0.6) is 0 Å². The summed E-state index contributed by atoms with van der Waals surface area (Å²) in [5.41, 5.74) is 1.25. The molecule has 0 bridgehead atoms. The minimum Gasteiger partial charge on any atom is -0.355 e. The first-order valence-electron chi connectivity index (χ1n) is 8.23. The lowest BCUT2D eigenvalue weighted by atomic mass is 10.2. The molecule has 1 heterocycles. The van der Waals surface area contributed by atoms with Crippen molar-refractivity contribution in [3.8, 4) is 0 Å². The zero-order chi connectivity index (χ0) is 17.4. The van der Waals surface area contributed by atoms with Crippen LogP contribution >= 0.6 is 11.6 Å². The first kappa shape index (κ1) is 18.7. The number of carbonyl (C=O) groups excluding carboxylic acids is 2. The normalized spacial score (nSPS) is 15.9. The van der Waals surface area contributed by atoms with Crippen molar-refractivity contribution in [2.24, 2.45) is 0 Å². The summed E-state index contributed by atoms with van der Waals surface area (Å²) in [6, 6.07) is 7.94. The number of hydrogen-bond acceptors (Lipinski definition) is 4. The average Bonchev–Trinajstić information content (AvgIpc) is 2.55. The largest absolute Gasteiger partial charge is 0.355 e. The van der Waals surface area contributed by atoms with Crippen LogP contribution in [0, 0.1) is 0 Å². The van der Waals surface area contributed by atoms with Crippen LogP contribution < -0.4 is 10.6 Å². The van der Waals surface area contributed by atoms with Crippen LogP contribution in [-0.2, 0) is 16.1 Å². The Balaban J connectivity index is 1.62. The van der Waals surface area contributed by atoms with E-state index in [1.165, 1.54) is 12.5 Å². The van der Waals surface area contributed by atoms with Gasteiger partial charge in [-0.1, -0.05) is 23.7 Å². The second-order valence-corrected chi connectivity index (χ2v) is 6.45. The van der Waals surface area contributed by atoms with Gasteiger partial charge in [0, 0.05) is 57.8 Å². The molecule has 1 aliphatic heterocycles. The van der Waals surface area contributed by atoms with Crippen molar-refractivity contribution in [2.45, 2.75) is 13.5 Å². The number of nitrogens with one attached hydrogen (secondary N) is 2. The Labute approximate surface area is 148 Å². The van der Waals surface area contributed by atoms with Crippen molar-refractivity contribution in [2.75, 3.05) is 45.8 Å². The van der Waals surface area contributed by atoms with Crippen LogP contribution in [0.2, 0.25) is 5.02 Å². The van der Waals surface area contributed by atoms with Gasteiger partial charge in [0.05, 0.1) is 6.54 Å². The van der Waals surface area contributed by atoms with Gasteiger partial charge >= 0.3 is 0 Å². The smallest absolute Gasteiger partial charge is 0.234 e. The molecule has 1 fully saturated rings. The number of benzene rings is 1. The third-order valence-electron chi connectivity index (χ3n) is 3.97. The molecule has 0 radical (unpaired) electrons. The lowest BCUT2D eigenvalue weighted by molar-refractivity contribution is -0.123. The highest BCUT2D eigenvalue weighted by Crippen LogP contribution is 2.12. The minimum atomic E-state index is -0.0824. The molecule has 0 aliphatic carbocycles. The molecule has 132 valence electrons. The molecular formula is C17H25ClN4O2. The van der Waals surface area contributed by atoms with Crippen LogP contribution in [0.1, 0.15) is 12.5 Å². The van der Waals surface area contributed by atoms with E-state index >= 15 is 0 Å². The van der Waals surface area contributed by atoms with Gasteiger partial charge in [0.2, 0.25) is 11.8 Å². The van der Waals surface area contributed by atoms with Gasteiger partial charge in [0.15, 0.2) is 0 Å². The Morgan fingerprint density at radius 2 is 1.58 bits per heavy atom. The zero-order valence-electron chi connectivity index (χ0n) is 14.1. The molecule has 1 aromatic rings. The Morgan fingerprint density at radius 1 is 1.00 bits per heavy atom. The number of halogens is 1. The fourth-order valence-electron chi connectivity index (χ4n) is 2.65. The van der Waals surface area contributed by atoms with E-state index in [0.717, 1.165) is 37.7 Å². The van der Waals surface area contributed by atoms with Gasteiger partial charge in [-0.25, -0.2) is 0 Å². The SMILES string of the molecule is CC(=O)NCCNC(=O)CN1CCN(Cc2ccc(Cl)cc2)CC1. The highest BCUT2D eigenvalue weighted by atomic mass is 35.5. The number of amides is 2. The first-order chi connectivity index (χ1) is 11.5. The van der Waals surface area contributed by atoms with E-state index < -0.39 is 0 Å². The molecule has 2 amide bonds. The van der Waals surface area contributed by atoms with Gasteiger partial charge in [-0.05, 0) is 17.7 Å². The summed E-state index contributed by atoms with van der Waals surface area (Å²) in [5.74, 6) is -0.0763. The first-order valence-corrected chi connectivity index (χ1v) is 8.61. The molecule has 7 heteroatoms. The van der Waals surface area contributed by atoms with E-state index in [0.29, 0.717) is 19.6 Å². The molecule has 24 heavy (non-hydrogen) atoms. The highest BCUT2D eigenvalue weighted by molar-refractivity contribution is 6.30. The molecule has 0 aromatic heterocycles. The summed E-state index contributed by atoms with van der Waals surface area (Å²) in [6.45, 7) is 7.38. The van der Waals surface area contributed by atoms with Crippen LogP contribution in [0.25, 0.3) is 0 Å². The van der Waals surface area contributed by atoms with E-state index in [1.54, 1.807) is 0 Å². The van der Waals surface area contributed by atoms with Gasteiger partial charge in [0.25, 0.3) is 0 Å². The fraction of sp³-hybridized carbons (Fsp3) is 0.529. The second-order valence-electron chi connectivity index (χ2n) is 6.01. The summed E-state index contributed by atoms with van der Waals surface area (Å²) in [7, 11) is 0. The quantitative estimate of drug-likeness (QED) is 0.709. The number of carbonyl (C=O) groups is 2. The summed E-state index contributed by atoms with van der Waals surface area (Å²) in [4.78, 5) is 27.2. The molecular weight excluding hydrogens is 328 g/mol. The van der Waals surface area contributed by atoms with Crippen LogP contribution in [-0.4, -0.2) is 67.4 Å². The molecule has 0 atom stereocenters. The van der Waals surface area contributed by atoms with E-state index in [1.807, 2.05) is 12.1 Å². The molecule has 1 saturated heterocycles. The van der Waals surface area contributed by atoms with Gasteiger partial charge < -0.3 is 10.6 Å². The molecule has 2 rings (SSSR count). The predicted octanol–water partition coefficient (Wildman–Crippen LogP) is 0.710. The van der Waals surface area contributed by atoms with E-state index in [2.05, 4.69) is 32.6 Å². The van der Waals surface area contributed by atoms with Crippen molar-refractivity contribution in [3.05, 3.63) is 34.9 Å². The molecule has 0 saturated carbocycles. The summed E-state index contributed by atoms with van der Waals surface area (Å²) in [6.07, 6.45) is 0. The molecule has 2 N–H and O–H groups in total. The maximum absolute atomic E-state index is 11.9. The average molecular weight is 353 g/mol. The van der Waals surface area contributed by atoms with Gasteiger partial charge in [-0.3, -0.25) is 19.4 Å². The van der Waals surface area contributed by atoms with Gasteiger partial charge in [0.1, 0.15) is 0 Å². The van der Waals surface area contributed by atoms with Crippen molar-refractivity contribution >= 4 is 23.4 Å². The number of rotatable bonds is 7. The minimum absolute atomic E-state index is 0.00602. The monoisotopic (exact) mass is 352 g/mol. The number of nitrogens with zero attached hydrogens (tertiary/aromatic N) is 2. The third-order valence-corrected chi connectivity index (χ3v) is 4.22. The lowest BCUT2D eigenvalue weighted by Gasteiger charge is -2.34. The molecule has 6 nitrogen and oxygen atoms in total. The lowest BCUT2D eigenvalue weighted by Crippen LogP contribution is -2.49. The van der Waals surface area contributed by atoms with E-state index in [4.69, 9.17) is 11.6 Å². The van der Waals surface area contributed by atoms with E-state index in [-0.39, 0.29) is 11.8 Å². The van der Waals surface area contributed by atoms with Crippen molar-refractivity contribution in [3.63, 3.8) is 0 Å². The van der Waals surface area contributed by atoms with E-state index in [9.17, 15) is 9.59 Å². The zero-order valence-corrected chi connectivity index (χ0v) is 14.8. The van der Waals surface area contributed by atoms with Crippen molar-refractivity contribution < 1.29 is 9.59 Å². The summed E-state index contributed by atoms with van der Waals surface area (Å²) < 4.78 is 0. The second kappa shape index (κ2) is 9.61. The van der Waals surface area contributed by atoms with Crippen molar-refractivity contribution in [1.82, 2.24) is 20.4 Å². The highest BCUT2D eigenvalue weighted by Gasteiger charge is 2.18. The molecule has 0 spiro atoms. The summed E-state index contributed by atoms with van der Waals surface area (Å²) >= 11 is 5.90. The van der Waals surface area contributed by atoms with Gasteiger partial charge in [-0.15, -0.1) is 0 Å². The predicted molar refractivity (Wildman–Crippen MR) is 94.9 cm³/mol. The Kier molecular flexibility index (Phi) is 7.49. The fourth-order valence-corrected chi connectivity index (χ4v) is 2.78. The molecule has 1 aliphatic rings. The maximum atomic E-state index is 11.9. The Morgan fingerprint density at radius 3 is 2.21 bits per heavy atom. The standard InChI is InChI=1S/C17H25ClN4O2/c1-14(23)19-6-7-20-17(24)13-22-10-8-21(9-11-22)12-15-2-4-16(18)5-3-15/h2-5H,6-13H2,1H3,(H,19,23)(H,20,24). The van der Waals surface area contributed by atoms with Crippen LogP contribution in [0.15, 0.2) is 24.3 Å². The summed E-state index contributed by atoms with van der Waals surface area (Å²) in [5, 5.41) is 6.23.